The molecule has 1 fully saturated rings. The molecular weight excluding hydrogens is 1290 g/mol. The zero-order valence-corrected chi connectivity index (χ0v) is 56.9. The second-order valence-corrected chi connectivity index (χ2v) is 24.5. The van der Waals surface area contributed by atoms with Crippen molar-refractivity contribution in [2.75, 3.05) is 139 Å². The van der Waals surface area contributed by atoms with Crippen LogP contribution in [0.1, 0.15) is 58.4 Å². The lowest BCUT2D eigenvalue weighted by Crippen LogP contribution is -2.59. The number of aromatic nitrogens is 6. The molecule has 8 rings (SSSR count). The van der Waals surface area contributed by atoms with Crippen LogP contribution >= 0.6 is 0 Å². The lowest BCUT2D eigenvalue weighted by molar-refractivity contribution is -0.300. The van der Waals surface area contributed by atoms with Crippen LogP contribution in [-0.2, 0) is 79.9 Å². The highest BCUT2D eigenvalue weighted by Crippen LogP contribution is 2.39. The minimum atomic E-state index is -1.50. The quantitative estimate of drug-likeness (QED) is 0.0157. The topological polar surface area (TPSA) is 381 Å². The lowest BCUT2D eigenvalue weighted by Gasteiger charge is -2.39. The normalized spacial score (nSPS) is 16.6. The van der Waals surface area contributed by atoms with Crippen LogP contribution in [0, 0.1) is 0 Å². The number of hydrogen-bond acceptors (Lipinski definition) is 25. The maximum absolute atomic E-state index is 13.6. The number of anilines is 1. The number of aromatic carboxylic acids is 1. The van der Waals surface area contributed by atoms with Gasteiger partial charge in [-0.05, 0) is 86.3 Å². The number of aliphatic hydroxyl groups is 4. The molecule has 0 unspecified atom stereocenters. The average molecular weight is 1380 g/mol. The molecule has 0 saturated carbocycles. The molecule has 3 aliphatic rings. The summed E-state index contributed by atoms with van der Waals surface area (Å²) in [5.74, 6) is -0.987. The Bertz CT molecular complexity index is 3740. The number of hydrogen-bond donors (Lipinski definition) is 7. The zero-order chi connectivity index (χ0) is 70.8. The molecule has 1 aliphatic carbocycles. The number of rotatable bonds is 40. The van der Waals surface area contributed by atoms with Gasteiger partial charge in [-0.3, -0.25) is 9.59 Å². The first-order valence-corrected chi connectivity index (χ1v) is 32.6. The number of nitrogens with zero attached hydrogens (tertiary/aromatic N) is 8. The summed E-state index contributed by atoms with van der Waals surface area (Å²) in [6.07, 6.45) is -3.49. The molecule has 538 valence electrons. The predicted molar refractivity (Wildman–Crippen MR) is 355 cm³/mol. The van der Waals surface area contributed by atoms with E-state index in [1.165, 1.54) is 12.1 Å². The minimum Gasteiger partial charge on any atom is -0.545 e. The molecule has 0 spiro atoms. The van der Waals surface area contributed by atoms with Gasteiger partial charge in [0.25, 0.3) is 5.91 Å². The van der Waals surface area contributed by atoms with Gasteiger partial charge in [-0.2, -0.15) is 0 Å². The van der Waals surface area contributed by atoms with Gasteiger partial charge in [0.15, 0.2) is 6.29 Å². The van der Waals surface area contributed by atoms with Crippen LogP contribution in [0.3, 0.4) is 0 Å². The summed E-state index contributed by atoms with van der Waals surface area (Å²) in [4.78, 5) is 54.2. The Morgan fingerprint density at radius 2 is 1.32 bits per heavy atom. The van der Waals surface area contributed by atoms with Gasteiger partial charge in [-0.15, -0.1) is 10.2 Å². The molecular formula is C68H91N11O20. The first-order valence-electron chi connectivity index (χ1n) is 32.6. The van der Waals surface area contributed by atoms with Gasteiger partial charge in [0.2, 0.25) is 11.3 Å². The van der Waals surface area contributed by atoms with Gasteiger partial charge >= 0.3 is 6.09 Å². The number of alkyl carbamates (subject to hydrolysis) is 1. The predicted octanol–water partition coefficient (Wildman–Crippen LogP) is 0.569. The third-order valence-corrected chi connectivity index (χ3v) is 15.4. The number of fused-ring (bicyclic) bond motifs is 2. The standard InChI is InChI=1S/C68H91N11O20/c1-68(2,3)99-67(88)71-56(36-47-41-78(74-72-47)18-22-90-26-29-93-30-31-94-32-33-95-51-13-8-44(9-14-51)16-20-96-66-62(83)61(82)60(81)59(43-80)98-66)64(85)69-17-21-89-24-27-92-28-25-91-23-19-79-42-48(73-75-79)40-70-63(84)46-11-15-52(65(86)87)53(35-46)54-37-50(77(6)7)39-58-55(54)34-45-10-12-49(76(4)5)38-57(45)97-58/h8-15,34-35,37-39,41-42,56,59-62,66,80-83H,16-33,36,40,43H2,1-7H3,(H3-,69,70,71,84,85,86,87,88)/t56-,59+,60+,61-,62+,66+/m0/s1. The fraction of sp³-hybridized carbons (Fsp3) is 0.515. The second kappa shape index (κ2) is 38.1. The lowest BCUT2D eigenvalue weighted by atomic mass is 9.92. The van der Waals surface area contributed by atoms with Crippen LogP contribution in [0.2, 0.25) is 0 Å². The van der Waals surface area contributed by atoms with E-state index in [0.717, 1.165) is 22.2 Å². The largest absolute Gasteiger partial charge is 0.545 e. The Labute approximate surface area is 572 Å². The number of nitrogens with one attached hydrogen (secondary N) is 3. The highest BCUT2D eigenvalue weighted by molar-refractivity contribution is 6.06. The van der Waals surface area contributed by atoms with Crippen LogP contribution in [-0.4, -0.2) is 250 Å². The minimum absolute atomic E-state index is 0.0345. The molecule has 31 heteroatoms. The summed E-state index contributed by atoms with van der Waals surface area (Å²) in [7, 11) is 7.64. The maximum atomic E-state index is 13.6. The molecule has 31 nitrogen and oxygen atoms in total. The van der Waals surface area contributed by atoms with E-state index in [2.05, 4.69) is 36.6 Å². The fourth-order valence-corrected chi connectivity index (χ4v) is 10.1. The van der Waals surface area contributed by atoms with Gasteiger partial charge in [-0.25, -0.2) is 18.7 Å². The van der Waals surface area contributed by atoms with Crippen molar-refractivity contribution < 1.29 is 96.5 Å². The summed E-state index contributed by atoms with van der Waals surface area (Å²) in [6.45, 7) is 9.80. The SMILES string of the molecule is CN(C)c1cc(-c2cc(C(=O)NCc3cn(CCOCCOCCOCCNC(=O)[C@H](Cc4cn(CCOCCOCCOCCOc5ccc(CCO[C@@H]6O[C@H](CO)[C@@H](O)[C@H](O)[C@H]6O)cc5)nn4)NC(=O)OC(C)(C)C)nn3)ccc2C(=O)[O-])c2cc3ccc(=[N+](C)C)cc-3oc2c1. The van der Waals surface area contributed by atoms with Crippen LogP contribution in [0.15, 0.2) is 95.7 Å². The molecule has 7 N–H and O–H groups in total. The van der Waals surface area contributed by atoms with E-state index in [1.54, 1.807) is 48.6 Å². The van der Waals surface area contributed by atoms with E-state index >= 15 is 0 Å². The molecule has 1 saturated heterocycles. The molecule has 5 aromatic rings. The van der Waals surface area contributed by atoms with Crippen LogP contribution in [0.25, 0.3) is 33.4 Å². The van der Waals surface area contributed by atoms with E-state index < -0.39 is 72.8 Å². The summed E-state index contributed by atoms with van der Waals surface area (Å²) in [5, 5.41) is 78.5. The molecule has 0 bridgehead atoms. The van der Waals surface area contributed by atoms with Gasteiger partial charge in [0.05, 0.1) is 136 Å². The first kappa shape index (κ1) is 76.2. The van der Waals surface area contributed by atoms with Crippen molar-refractivity contribution in [3.05, 3.63) is 125 Å². The van der Waals surface area contributed by atoms with Crippen LogP contribution < -0.4 is 40.6 Å². The summed E-state index contributed by atoms with van der Waals surface area (Å²) in [5.41, 5.74) is 4.22. The molecule has 4 heterocycles. The van der Waals surface area contributed by atoms with Crippen molar-refractivity contribution in [2.45, 2.75) is 95.6 Å². The number of carboxylic acids is 1. The van der Waals surface area contributed by atoms with Gasteiger partial charge in [0, 0.05) is 73.2 Å². The molecule has 6 atom stereocenters. The molecule has 2 aliphatic heterocycles. The van der Waals surface area contributed by atoms with Gasteiger partial charge < -0.3 is 103 Å². The number of benzene rings is 4. The highest BCUT2D eigenvalue weighted by Gasteiger charge is 2.44. The van der Waals surface area contributed by atoms with E-state index in [-0.39, 0.29) is 57.1 Å². The van der Waals surface area contributed by atoms with Crippen LogP contribution in [0.4, 0.5) is 10.5 Å². The number of carboxylic acid groups (broad SMARTS) is 1. The smallest absolute Gasteiger partial charge is 0.408 e. The van der Waals surface area contributed by atoms with Gasteiger partial charge in [0.1, 0.15) is 79.5 Å². The summed E-state index contributed by atoms with van der Waals surface area (Å²) in [6, 6.07) is 22.3. The Morgan fingerprint density at radius 1 is 0.697 bits per heavy atom. The van der Waals surface area contributed by atoms with Crippen molar-refractivity contribution in [1.29, 1.82) is 0 Å². The number of carbonyl (C=O) groups excluding carboxylic acids is 4. The van der Waals surface area contributed by atoms with E-state index in [9.17, 15) is 44.7 Å². The summed E-state index contributed by atoms with van der Waals surface area (Å²) < 4.78 is 67.6. The van der Waals surface area contributed by atoms with Crippen molar-refractivity contribution in [3.63, 3.8) is 0 Å². The van der Waals surface area contributed by atoms with Crippen molar-refractivity contribution in [3.8, 4) is 28.2 Å². The van der Waals surface area contributed by atoms with Gasteiger partial charge in [-0.1, -0.05) is 28.6 Å². The maximum Gasteiger partial charge on any atom is 0.408 e. The third kappa shape index (κ3) is 23.8. The van der Waals surface area contributed by atoms with E-state index in [0.29, 0.717) is 131 Å². The van der Waals surface area contributed by atoms with Crippen molar-refractivity contribution in [2.24, 2.45) is 0 Å². The Hall–Kier alpha value is -8.57. The monoisotopic (exact) mass is 1380 g/mol. The Morgan fingerprint density at radius 3 is 1.95 bits per heavy atom. The molecule has 2 aromatic heterocycles. The first-order chi connectivity index (χ1) is 47.6. The molecule has 3 aromatic carbocycles. The van der Waals surface area contributed by atoms with Crippen molar-refractivity contribution in [1.82, 2.24) is 50.5 Å². The molecule has 0 radical (unpaired) electrons. The number of aliphatic hydroxyl groups excluding tert-OH is 4. The molecule has 3 amide bonds. The Balaban J connectivity index is 0.650. The number of ether oxygens (including phenoxy) is 10. The second-order valence-electron chi connectivity index (χ2n) is 24.5. The third-order valence-electron chi connectivity index (χ3n) is 15.4. The van der Waals surface area contributed by atoms with E-state index in [4.69, 9.17) is 51.8 Å². The summed E-state index contributed by atoms with van der Waals surface area (Å²) >= 11 is 0. The van der Waals surface area contributed by atoms with E-state index in [1.807, 2.05) is 98.3 Å². The fourth-order valence-electron chi connectivity index (χ4n) is 10.1. The number of carbonyl (C=O) groups is 4. The average Bonchev–Trinajstić information content (AvgIpc) is 1.11. The Kier molecular flexibility index (Phi) is 29.3. The van der Waals surface area contributed by atoms with Crippen LogP contribution in [0.5, 0.6) is 5.75 Å². The van der Waals surface area contributed by atoms with Crippen molar-refractivity contribution >= 4 is 40.5 Å². The highest BCUT2D eigenvalue weighted by atomic mass is 16.7. The molecule has 99 heavy (non-hydrogen) atoms. The number of amides is 3. The zero-order valence-electron chi connectivity index (χ0n) is 56.9.